The highest BCUT2D eigenvalue weighted by Crippen LogP contribution is 2.22. The fourth-order valence-corrected chi connectivity index (χ4v) is 3.61. The normalized spacial score (nSPS) is 15.8. The Labute approximate surface area is 149 Å². The number of amides is 1. The summed E-state index contributed by atoms with van der Waals surface area (Å²) in [6.07, 6.45) is 6.19. The van der Waals surface area contributed by atoms with Crippen LogP contribution in [0.2, 0.25) is 0 Å². The molecule has 3 rings (SSSR count). The van der Waals surface area contributed by atoms with Gasteiger partial charge in [-0.05, 0) is 37.3 Å². The quantitative estimate of drug-likeness (QED) is 0.785. The van der Waals surface area contributed by atoms with Gasteiger partial charge in [0.05, 0.1) is 6.10 Å². The van der Waals surface area contributed by atoms with Crippen LogP contribution in [0.1, 0.15) is 31.2 Å². The standard InChI is InChI=1S/C20H28N2O3/c1-21-15-16(18-5-2-3-6-19(18)21)7-8-20(24)22-11-9-17(10-12-22)25-14-4-13-23/h2-3,5-6,15,17,23H,4,7-14H2,1H3. The van der Waals surface area contributed by atoms with Crippen molar-refractivity contribution in [2.45, 2.75) is 38.2 Å². The van der Waals surface area contributed by atoms with Gasteiger partial charge in [0.2, 0.25) is 5.91 Å². The average molecular weight is 344 g/mol. The van der Waals surface area contributed by atoms with Gasteiger partial charge in [-0.2, -0.15) is 0 Å². The Morgan fingerprint density at radius 2 is 2.04 bits per heavy atom. The third kappa shape index (κ3) is 4.41. The maximum atomic E-state index is 12.5. The van der Waals surface area contributed by atoms with Gasteiger partial charge in [-0.1, -0.05) is 18.2 Å². The van der Waals surface area contributed by atoms with Gasteiger partial charge >= 0.3 is 0 Å². The van der Waals surface area contributed by atoms with Crippen LogP contribution < -0.4 is 0 Å². The fraction of sp³-hybridized carbons (Fsp3) is 0.550. The molecule has 2 heterocycles. The SMILES string of the molecule is Cn1cc(CCC(=O)N2CCC(OCCCO)CC2)c2ccccc21. The monoisotopic (exact) mass is 344 g/mol. The van der Waals surface area contributed by atoms with E-state index in [0.29, 0.717) is 19.4 Å². The molecule has 0 unspecified atom stereocenters. The smallest absolute Gasteiger partial charge is 0.222 e. The molecule has 5 heteroatoms. The average Bonchev–Trinajstić information content (AvgIpc) is 2.97. The molecule has 2 aromatic rings. The highest BCUT2D eigenvalue weighted by molar-refractivity contribution is 5.85. The third-order valence-electron chi connectivity index (χ3n) is 5.04. The Hall–Kier alpha value is -1.85. The predicted octanol–water partition coefficient (Wildman–Crippen LogP) is 2.50. The maximum Gasteiger partial charge on any atom is 0.222 e. The minimum absolute atomic E-state index is 0.172. The predicted molar refractivity (Wildman–Crippen MR) is 98.5 cm³/mol. The zero-order valence-electron chi connectivity index (χ0n) is 15.0. The number of carbonyl (C=O) groups excluding carboxylic acids is 1. The van der Waals surface area contributed by atoms with E-state index in [2.05, 4.69) is 36.0 Å². The molecule has 0 saturated carbocycles. The first kappa shape index (κ1) is 18.0. The first-order chi connectivity index (χ1) is 12.2. The van der Waals surface area contributed by atoms with Gasteiger partial charge in [0.25, 0.3) is 0 Å². The van der Waals surface area contributed by atoms with E-state index in [1.165, 1.54) is 16.5 Å². The number of hydrogen-bond donors (Lipinski definition) is 1. The second kappa shape index (κ2) is 8.50. The largest absolute Gasteiger partial charge is 0.396 e. The lowest BCUT2D eigenvalue weighted by molar-refractivity contribution is -0.133. The summed E-state index contributed by atoms with van der Waals surface area (Å²) in [5.74, 6) is 0.238. The van der Waals surface area contributed by atoms with Crippen LogP contribution in [-0.4, -0.2) is 52.9 Å². The fourth-order valence-electron chi connectivity index (χ4n) is 3.61. The summed E-state index contributed by atoms with van der Waals surface area (Å²) in [7, 11) is 2.05. The molecule has 0 spiro atoms. The summed E-state index contributed by atoms with van der Waals surface area (Å²) < 4.78 is 7.86. The molecule has 0 bridgehead atoms. The van der Waals surface area contributed by atoms with Crippen molar-refractivity contribution in [2.75, 3.05) is 26.3 Å². The van der Waals surface area contributed by atoms with Gasteiger partial charge in [-0.3, -0.25) is 4.79 Å². The van der Waals surface area contributed by atoms with Crippen molar-refractivity contribution >= 4 is 16.8 Å². The van der Waals surface area contributed by atoms with E-state index in [1.54, 1.807) is 0 Å². The lowest BCUT2D eigenvalue weighted by Gasteiger charge is -2.32. The van der Waals surface area contributed by atoms with Crippen LogP contribution in [0, 0.1) is 0 Å². The molecule has 1 aromatic carbocycles. The molecule has 1 N–H and O–H groups in total. The van der Waals surface area contributed by atoms with Crippen molar-refractivity contribution in [3.8, 4) is 0 Å². The van der Waals surface area contributed by atoms with Crippen molar-refractivity contribution < 1.29 is 14.6 Å². The highest BCUT2D eigenvalue weighted by atomic mass is 16.5. The zero-order chi connectivity index (χ0) is 17.6. The van der Waals surface area contributed by atoms with Crippen LogP contribution in [0.25, 0.3) is 10.9 Å². The van der Waals surface area contributed by atoms with Gasteiger partial charge in [-0.15, -0.1) is 0 Å². The summed E-state index contributed by atoms with van der Waals surface area (Å²) in [5, 5.41) is 10.0. The first-order valence-corrected chi connectivity index (χ1v) is 9.22. The number of piperidine rings is 1. The summed E-state index contributed by atoms with van der Waals surface area (Å²) in [6, 6.07) is 8.34. The molecule has 1 aliphatic heterocycles. The molecule has 1 saturated heterocycles. The van der Waals surface area contributed by atoms with Gasteiger partial charge < -0.3 is 19.3 Å². The summed E-state index contributed by atoms with van der Waals surface area (Å²) >= 11 is 0. The Morgan fingerprint density at radius 3 is 2.80 bits per heavy atom. The number of carbonyl (C=O) groups is 1. The number of aliphatic hydroxyl groups excluding tert-OH is 1. The topological polar surface area (TPSA) is 54.7 Å². The number of ether oxygens (including phenoxy) is 1. The Kier molecular flexibility index (Phi) is 6.10. The minimum Gasteiger partial charge on any atom is -0.396 e. The van der Waals surface area contributed by atoms with Crippen LogP contribution in [0.4, 0.5) is 0 Å². The molecule has 1 amide bonds. The molecule has 25 heavy (non-hydrogen) atoms. The Morgan fingerprint density at radius 1 is 1.28 bits per heavy atom. The number of fused-ring (bicyclic) bond motifs is 1. The van der Waals surface area contributed by atoms with Crippen molar-refractivity contribution in [1.29, 1.82) is 0 Å². The summed E-state index contributed by atoms with van der Waals surface area (Å²) in [6.45, 7) is 2.33. The molecule has 0 aliphatic carbocycles. The second-order valence-corrected chi connectivity index (χ2v) is 6.81. The molecule has 5 nitrogen and oxygen atoms in total. The van der Waals surface area contributed by atoms with Crippen LogP contribution in [0.15, 0.2) is 30.5 Å². The van der Waals surface area contributed by atoms with Gasteiger partial charge in [-0.25, -0.2) is 0 Å². The Bertz CT molecular complexity index is 702. The molecule has 0 atom stereocenters. The second-order valence-electron chi connectivity index (χ2n) is 6.81. The molecule has 136 valence electrons. The molecule has 1 aromatic heterocycles. The maximum absolute atomic E-state index is 12.5. The number of aryl methyl sites for hydroxylation is 2. The lowest BCUT2D eigenvalue weighted by Crippen LogP contribution is -2.41. The van der Waals surface area contributed by atoms with Crippen molar-refractivity contribution in [2.24, 2.45) is 7.05 Å². The number of likely N-dealkylation sites (tertiary alicyclic amines) is 1. The van der Waals surface area contributed by atoms with E-state index in [4.69, 9.17) is 9.84 Å². The van der Waals surface area contributed by atoms with E-state index in [0.717, 1.165) is 32.4 Å². The lowest BCUT2D eigenvalue weighted by atomic mass is 10.1. The van der Waals surface area contributed by atoms with Gasteiger partial charge in [0, 0.05) is 56.9 Å². The molecule has 1 fully saturated rings. The Balaban J connectivity index is 1.48. The number of rotatable bonds is 7. The number of aliphatic hydroxyl groups is 1. The van der Waals surface area contributed by atoms with E-state index in [1.807, 2.05) is 11.0 Å². The number of para-hydroxylation sites is 1. The highest BCUT2D eigenvalue weighted by Gasteiger charge is 2.23. The van der Waals surface area contributed by atoms with Crippen molar-refractivity contribution in [1.82, 2.24) is 9.47 Å². The molecule has 1 aliphatic rings. The molecular weight excluding hydrogens is 316 g/mol. The van der Waals surface area contributed by atoms with Crippen LogP contribution in [0.5, 0.6) is 0 Å². The first-order valence-electron chi connectivity index (χ1n) is 9.22. The van der Waals surface area contributed by atoms with E-state index in [-0.39, 0.29) is 18.6 Å². The van der Waals surface area contributed by atoms with Gasteiger partial charge in [0.15, 0.2) is 0 Å². The van der Waals surface area contributed by atoms with Crippen molar-refractivity contribution in [3.05, 3.63) is 36.0 Å². The molecular formula is C20H28N2O3. The van der Waals surface area contributed by atoms with E-state index < -0.39 is 0 Å². The van der Waals surface area contributed by atoms with E-state index >= 15 is 0 Å². The number of aromatic nitrogens is 1. The zero-order valence-corrected chi connectivity index (χ0v) is 15.0. The van der Waals surface area contributed by atoms with Crippen LogP contribution >= 0.6 is 0 Å². The van der Waals surface area contributed by atoms with Crippen LogP contribution in [0.3, 0.4) is 0 Å². The van der Waals surface area contributed by atoms with Gasteiger partial charge in [0.1, 0.15) is 0 Å². The van der Waals surface area contributed by atoms with Crippen molar-refractivity contribution in [3.63, 3.8) is 0 Å². The number of hydrogen-bond acceptors (Lipinski definition) is 3. The summed E-state index contributed by atoms with van der Waals surface area (Å²) in [5.41, 5.74) is 2.46. The summed E-state index contributed by atoms with van der Waals surface area (Å²) in [4.78, 5) is 14.5. The number of benzene rings is 1. The minimum atomic E-state index is 0.172. The molecule has 0 radical (unpaired) electrons. The van der Waals surface area contributed by atoms with Crippen LogP contribution in [-0.2, 0) is 23.0 Å². The number of nitrogens with zero attached hydrogens (tertiary/aromatic N) is 2. The van der Waals surface area contributed by atoms with E-state index in [9.17, 15) is 4.79 Å². The third-order valence-corrected chi connectivity index (χ3v) is 5.04.